The Bertz CT molecular complexity index is 281. The summed E-state index contributed by atoms with van der Waals surface area (Å²) in [5.74, 6) is 0. The summed E-state index contributed by atoms with van der Waals surface area (Å²) >= 11 is 3.32. The quantitative estimate of drug-likeness (QED) is 0.758. The summed E-state index contributed by atoms with van der Waals surface area (Å²) in [6, 6.07) is 0. The highest BCUT2D eigenvalue weighted by molar-refractivity contribution is 8.77. The summed E-state index contributed by atoms with van der Waals surface area (Å²) in [6.45, 7) is 0. The average Bonchev–Trinajstić information content (AvgIpc) is 2.74. The summed E-state index contributed by atoms with van der Waals surface area (Å²) in [4.78, 5) is 7.99. The summed E-state index contributed by atoms with van der Waals surface area (Å²) in [6.07, 6.45) is 3.76. The number of nitrogens with zero attached hydrogens (tertiary/aromatic N) is 2. The van der Waals surface area contributed by atoms with E-state index in [0.29, 0.717) is 0 Å². The lowest BCUT2D eigenvalue weighted by molar-refractivity contribution is 1.38. The molecule has 0 radical (unpaired) electrons. The maximum atomic E-state index is 3.99. The largest absolute Gasteiger partial charge is 0.252 e. The summed E-state index contributed by atoms with van der Waals surface area (Å²) in [5.41, 5.74) is 3.69. The predicted molar refractivity (Wildman–Crippen MR) is 55.9 cm³/mol. The highest BCUT2D eigenvalue weighted by Crippen LogP contribution is 2.40. The summed E-state index contributed by atoms with van der Waals surface area (Å²) in [5, 5.41) is 0. The molecule has 0 amide bonds. The van der Waals surface area contributed by atoms with E-state index in [0.717, 1.165) is 0 Å². The van der Waals surface area contributed by atoms with Crippen molar-refractivity contribution in [3.05, 3.63) is 23.4 Å². The zero-order valence-corrected chi connectivity index (χ0v) is 9.10. The molecule has 62 valence electrons. The normalized spacial score (nSPS) is 10.3. The van der Waals surface area contributed by atoms with Crippen LogP contribution < -0.4 is 0 Å². The fraction of sp³-hybridized carbons (Fsp3) is 0. The van der Waals surface area contributed by atoms with Gasteiger partial charge in [0.15, 0.2) is 0 Å². The summed E-state index contributed by atoms with van der Waals surface area (Å²) in [7, 11) is 3.46. The molecule has 0 spiro atoms. The fourth-order valence-electron chi connectivity index (χ4n) is 0.573. The first-order valence-corrected chi connectivity index (χ1v) is 6.97. The Labute approximate surface area is 85.9 Å². The Morgan fingerprint density at radius 3 is 1.75 bits per heavy atom. The van der Waals surface area contributed by atoms with Crippen LogP contribution in [0.2, 0.25) is 0 Å². The SMILES string of the molecule is c1ncc(SSc2cncs2)s1. The number of aromatic nitrogens is 2. The first-order chi connectivity index (χ1) is 5.95. The molecule has 0 unspecified atom stereocenters. The lowest BCUT2D eigenvalue weighted by atomic mass is 11.0. The fourth-order valence-corrected chi connectivity index (χ4v) is 4.28. The second kappa shape index (κ2) is 4.27. The minimum Gasteiger partial charge on any atom is -0.252 e. The van der Waals surface area contributed by atoms with E-state index in [-0.39, 0.29) is 0 Å². The van der Waals surface area contributed by atoms with Gasteiger partial charge in [0, 0.05) is 0 Å². The Balaban J connectivity index is 1.91. The third-order valence-corrected chi connectivity index (χ3v) is 5.82. The smallest absolute Gasteiger partial charge is 0.0908 e. The van der Waals surface area contributed by atoms with Crippen molar-refractivity contribution in [2.75, 3.05) is 0 Å². The van der Waals surface area contributed by atoms with Crippen LogP contribution in [0.1, 0.15) is 0 Å². The van der Waals surface area contributed by atoms with Crippen molar-refractivity contribution in [1.29, 1.82) is 0 Å². The molecule has 2 rings (SSSR count). The molecule has 6 heteroatoms. The Hall–Kier alpha value is -0.0400. The van der Waals surface area contributed by atoms with Crippen LogP contribution in [-0.4, -0.2) is 9.97 Å². The number of hydrogen-bond donors (Lipinski definition) is 0. The van der Waals surface area contributed by atoms with Gasteiger partial charge >= 0.3 is 0 Å². The van der Waals surface area contributed by atoms with Gasteiger partial charge in [0.2, 0.25) is 0 Å². The van der Waals surface area contributed by atoms with Gasteiger partial charge < -0.3 is 0 Å². The molecule has 0 saturated heterocycles. The van der Waals surface area contributed by atoms with Crippen molar-refractivity contribution in [2.24, 2.45) is 0 Å². The molecule has 0 aromatic carbocycles. The van der Waals surface area contributed by atoms with Crippen molar-refractivity contribution in [3.8, 4) is 0 Å². The van der Waals surface area contributed by atoms with E-state index in [1.54, 1.807) is 44.3 Å². The van der Waals surface area contributed by atoms with Gasteiger partial charge in [-0.3, -0.25) is 9.97 Å². The molecule has 0 fully saturated rings. The molecule has 2 nitrogen and oxygen atoms in total. The Kier molecular flexibility index (Phi) is 3.04. The molecule has 12 heavy (non-hydrogen) atoms. The zero-order valence-electron chi connectivity index (χ0n) is 5.84. The number of thiazole rings is 2. The molecule has 0 aliphatic carbocycles. The molecule has 0 atom stereocenters. The highest BCUT2D eigenvalue weighted by atomic mass is 33.1. The zero-order chi connectivity index (χ0) is 8.23. The van der Waals surface area contributed by atoms with Crippen LogP contribution in [0, 0.1) is 0 Å². The number of rotatable bonds is 3. The standard InChI is InChI=1S/C6H4N2S4/c1-5(9-3-7-1)11-12-6-2-8-4-10-6/h1-4H. The van der Waals surface area contributed by atoms with Gasteiger partial charge in [-0.05, 0) is 21.6 Å². The van der Waals surface area contributed by atoms with Crippen molar-refractivity contribution in [2.45, 2.75) is 8.42 Å². The van der Waals surface area contributed by atoms with Crippen molar-refractivity contribution in [3.63, 3.8) is 0 Å². The molecule has 0 bridgehead atoms. The van der Waals surface area contributed by atoms with Crippen LogP contribution in [0.25, 0.3) is 0 Å². The lowest BCUT2D eigenvalue weighted by Crippen LogP contribution is -1.54. The van der Waals surface area contributed by atoms with Crippen LogP contribution in [0.5, 0.6) is 0 Å². The van der Waals surface area contributed by atoms with Crippen molar-refractivity contribution >= 4 is 44.3 Å². The van der Waals surface area contributed by atoms with E-state index >= 15 is 0 Å². The van der Waals surface area contributed by atoms with Crippen molar-refractivity contribution < 1.29 is 0 Å². The maximum absolute atomic E-state index is 3.99. The monoisotopic (exact) mass is 232 g/mol. The van der Waals surface area contributed by atoms with Gasteiger partial charge in [0.1, 0.15) is 0 Å². The molecule has 2 aromatic heterocycles. The Morgan fingerprint density at radius 1 is 0.917 bits per heavy atom. The maximum Gasteiger partial charge on any atom is 0.0908 e. The molecule has 0 aliphatic rings. The third kappa shape index (κ3) is 2.22. The summed E-state index contributed by atoms with van der Waals surface area (Å²) < 4.78 is 2.46. The minimum absolute atomic E-state index is 1.23. The van der Waals surface area contributed by atoms with Gasteiger partial charge in [0.05, 0.1) is 31.8 Å². The molecule has 0 N–H and O–H groups in total. The van der Waals surface area contributed by atoms with E-state index in [1.165, 1.54) is 8.42 Å². The van der Waals surface area contributed by atoms with Gasteiger partial charge in [-0.2, -0.15) is 0 Å². The molecule has 0 saturated carbocycles. The predicted octanol–water partition coefficient (Wildman–Crippen LogP) is 3.40. The minimum atomic E-state index is 1.23. The van der Waals surface area contributed by atoms with Crippen LogP contribution >= 0.6 is 44.3 Å². The van der Waals surface area contributed by atoms with Gasteiger partial charge in [-0.25, -0.2) is 0 Å². The van der Waals surface area contributed by atoms with Crippen LogP contribution in [-0.2, 0) is 0 Å². The molecule has 2 heterocycles. The first kappa shape index (κ1) is 8.55. The molecule has 2 aromatic rings. The van der Waals surface area contributed by atoms with Crippen LogP contribution in [0.4, 0.5) is 0 Å². The van der Waals surface area contributed by atoms with Crippen LogP contribution in [0.3, 0.4) is 0 Å². The van der Waals surface area contributed by atoms with E-state index < -0.39 is 0 Å². The van der Waals surface area contributed by atoms with Crippen molar-refractivity contribution in [1.82, 2.24) is 9.97 Å². The molecular formula is C6H4N2S4. The van der Waals surface area contributed by atoms with E-state index in [1.807, 2.05) is 23.4 Å². The van der Waals surface area contributed by atoms with Gasteiger partial charge in [0.25, 0.3) is 0 Å². The average molecular weight is 232 g/mol. The second-order valence-electron chi connectivity index (χ2n) is 1.81. The van der Waals surface area contributed by atoms with E-state index in [2.05, 4.69) is 9.97 Å². The van der Waals surface area contributed by atoms with Crippen LogP contribution in [0.15, 0.2) is 31.8 Å². The third-order valence-electron chi connectivity index (χ3n) is 1.03. The number of hydrogen-bond acceptors (Lipinski definition) is 6. The van der Waals surface area contributed by atoms with E-state index in [9.17, 15) is 0 Å². The lowest BCUT2D eigenvalue weighted by Gasteiger charge is -1.90. The highest BCUT2D eigenvalue weighted by Gasteiger charge is 1.99. The van der Waals surface area contributed by atoms with Gasteiger partial charge in [-0.1, -0.05) is 0 Å². The Morgan fingerprint density at radius 2 is 1.42 bits per heavy atom. The molecular weight excluding hydrogens is 228 g/mol. The van der Waals surface area contributed by atoms with E-state index in [4.69, 9.17) is 0 Å². The second-order valence-corrected chi connectivity index (χ2v) is 6.31. The molecule has 0 aliphatic heterocycles. The first-order valence-electron chi connectivity index (χ1n) is 3.06. The topological polar surface area (TPSA) is 25.8 Å². The van der Waals surface area contributed by atoms with Gasteiger partial charge in [-0.15, -0.1) is 22.7 Å².